The summed E-state index contributed by atoms with van der Waals surface area (Å²) in [5, 5.41) is 11.6. The number of hydrogen-bond donors (Lipinski definition) is 2. The lowest BCUT2D eigenvalue weighted by Crippen LogP contribution is -2.40. The van der Waals surface area contributed by atoms with Crippen molar-refractivity contribution in [2.24, 2.45) is 5.92 Å². The zero-order valence-corrected chi connectivity index (χ0v) is 9.73. The number of rotatable bonds is 5. The monoisotopic (exact) mass is 229 g/mol. The van der Waals surface area contributed by atoms with Crippen LogP contribution in [0.15, 0.2) is 0 Å². The van der Waals surface area contributed by atoms with Gasteiger partial charge in [-0.1, -0.05) is 0 Å². The smallest absolute Gasteiger partial charge is 0.306 e. The van der Waals surface area contributed by atoms with Crippen LogP contribution in [-0.2, 0) is 14.3 Å². The van der Waals surface area contributed by atoms with Crippen LogP contribution in [-0.4, -0.2) is 35.7 Å². The van der Waals surface area contributed by atoms with Gasteiger partial charge in [-0.2, -0.15) is 0 Å². The van der Waals surface area contributed by atoms with Crippen LogP contribution in [0, 0.1) is 5.92 Å². The van der Waals surface area contributed by atoms with E-state index in [1.807, 2.05) is 6.92 Å². The van der Waals surface area contributed by atoms with Gasteiger partial charge in [-0.15, -0.1) is 0 Å². The van der Waals surface area contributed by atoms with Gasteiger partial charge >= 0.3 is 5.97 Å². The molecule has 0 aromatic heterocycles. The van der Waals surface area contributed by atoms with Gasteiger partial charge in [-0.25, -0.2) is 0 Å². The molecule has 0 radical (unpaired) electrons. The first-order valence-electron chi connectivity index (χ1n) is 5.69. The molecule has 1 rings (SSSR count). The fourth-order valence-electron chi connectivity index (χ4n) is 1.98. The number of ether oxygens (including phenoxy) is 1. The Labute approximate surface area is 95.2 Å². The van der Waals surface area contributed by atoms with E-state index in [0.717, 1.165) is 6.42 Å². The lowest BCUT2D eigenvalue weighted by molar-refractivity contribution is -0.141. The van der Waals surface area contributed by atoms with Crippen molar-refractivity contribution in [3.63, 3.8) is 0 Å². The van der Waals surface area contributed by atoms with Crippen molar-refractivity contribution >= 4 is 11.9 Å². The summed E-state index contributed by atoms with van der Waals surface area (Å²) in [5.41, 5.74) is 0. The summed E-state index contributed by atoms with van der Waals surface area (Å²) in [6.07, 6.45) is 1.44. The van der Waals surface area contributed by atoms with Crippen LogP contribution < -0.4 is 5.32 Å². The van der Waals surface area contributed by atoms with Gasteiger partial charge in [0.1, 0.15) is 6.10 Å². The number of amides is 1. The summed E-state index contributed by atoms with van der Waals surface area (Å²) >= 11 is 0. The number of carbonyl (C=O) groups is 2. The zero-order valence-electron chi connectivity index (χ0n) is 9.73. The van der Waals surface area contributed by atoms with E-state index in [4.69, 9.17) is 9.84 Å². The van der Waals surface area contributed by atoms with Crippen LogP contribution in [0.5, 0.6) is 0 Å². The Morgan fingerprint density at radius 1 is 1.50 bits per heavy atom. The molecule has 0 bridgehead atoms. The van der Waals surface area contributed by atoms with Crippen LogP contribution in [0.25, 0.3) is 0 Å². The third-order valence-electron chi connectivity index (χ3n) is 2.91. The molecular formula is C11H19NO4. The lowest BCUT2D eigenvalue weighted by atomic mass is 10.1. The van der Waals surface area contributed by atoms with Crippen molar-refractivity contribution in [3.8, 4) is 0 Å². The molecule has 0 heterocycles. The molecule has 16 heavy (non-hydrogen) atoms. The van der Waals surface area contributed by atoms with Crippen LogP contribution >= 0.6 is 0 Å². The molecule has 5 nitrogen and oxygen atoms in total. The van der Waals surface area contributed by atoms with Gasteiger partial charge in [-0.3, -0.25) is 9.59 Å². The Bertz CT molecular complexity index is 267. The molecule has 0 saturated heterocycles. The molecule has 5 heteroatoms. The highest BCUT2D eigenvalue weighted by Gasteiger charge is 2.31. The topological polar surface area (TPSA) is 75.6 Å². The van der Waals surface area contributed by atoms with Crippen molar-refractivity contribution in [1.29, 1.82) is 0 Å². The Balaban J connectivity index is 2.33. The average molecular weight is 229 g/mol. The maximum absolute atomic E-state index is 11.6. The summed E-state index contributed by atoms with van der Waals surface area (Å²) < 4.78 is 5.16. The van der Waals surface area contributed by atoms with Crippen LogP contribution in [0.2, 0.25) is 0 Å². The second-order valence-corrected chi connectivity index (χ2v) is 4.15. The molecule has 2 N–H and O–H groups in total. The standard InChI is InChI=1S/C11H19NO4/c1-3-16-7(2)10(13)12-9-5-4-8(6-9)11(14)15/h7-9H,3-6H2,1-2H3,(H,12,13)(H,14,15)/t7?,8-,9+/m0/s1. The van der Waals surface area contributed by atoms with Gasteiger partial charge in [0.25, 0.3) is 0 Å². The Morgan fingerprint density at radius 3 is 2.69 bits per heavy atom. The van der Waals surface area contributed by atoms with E-state index >= 15 is 0 Å². The SMILES string of the molecule is CCOC(C)C(=O)N[C@@H]1CC[C@H](C(=O)O)C1. The number of hydrogen-bond acceptors (Lipinski definition) is 3. The van der Waals surface area contributed by atoms with Gasteiger partial charge in [0, 0.05) is 12.6 Å². The summed E-state index contributed by atoms with van der Waals surface area (Å²) in [5.74, 6) is -1.24. The molecule has 1 aliphatic rings. The highest BCUT2D eigenvalue weighted by atomic mass is 16.5. The molecule has 92 valence electrons. The highest BCUT2D eigenvalue weighted by molar-refractivity contribution is 5.80. The molecule has 1 amide bonds. The molecule has 0 aliphatic heterocycles. The van der Waals surface area contributed by atoms with Crippen molar-refractivity contribution in [2.45, 2.75) is 45.3 Å². The molecule has 1 fully saturated rings. The number of aliphatic carboxylic acids is 1. The van der Waals surface area contributed by atoms with Gasteiger partial charge in [0.15, 0.2) is 0 Å². The van der Waals surface area contributed by atoms with Crippen LogP contribution in [0.3, 0.4) is 0 Å². The minimum Gasteiger partial charge on any atom is -0.481 e. The number of carbonyl (C=O) groups excluding carboxylic acids is 1. The predicted molar refractivity (Wildman–Crippen MR) is 58.0 cm³/mol. The number of carboxylic acids is 1. The van der Waals surface area contributed by atoms with Crippen molar-refractivity contribution in [3.05, 3.63) is 0 Å². The summed E-state index contributed by atoms with van der Waals surface area (Å²) in [6, 6.07) is -0.0171. The first-order chi connectivity index (χ1) is 7.54. The van der Waals surface area contributed by atoms with E-state index < -0.39 is 12.1 Å². The van der Waals surface area contributed by atoms with Gasteiger partial charge in [-0.05, 0) is 33.1 Å². The molecule has 0 aromatic carbocycles. The van der Waals surface area contributed by atoms with Gasteiger partial charge in [0.05, 0.1) is 5.92 Å². The average Bonchev–Trinajstić information content (AvgIpc) is 2.66. The van der Waals surface area contributed by atoms with E-state index in [-0.39, 0.29) is 17.9 Å². The van der Waals surface area contributed by atoms with Gasteiger partial charge in [0.2, 0.25) is 5.91 Å². The quantitative estimate of drug-likeness (QED) is 0.730. The molecule has 3 atom stereocenters. The van der Waals surface area contributed by atoms with E-state index in [1.165, 1.54) is 0 Å². The third-order valence-corrected chi connectivity index (χ3v) is 2.91. The molecule has 1 unspecified atom stereocenters. The minimum absolute atomic E-state index is 0.0171. The maximum atomic E-state index is 11.6. The van der Waals surface area contributed by atoms with Crippen molar-refractivity contribution in [2.75, 3.05) is 6.61 Å². The largest absolute Gasteiger partial charge is 0.481 e. The van der Waals surface area contributed by atoms with E-state index in [9.17, 15) is 9.59 Å². The maximum Gasteiger partial charge on any atom is 0.306 e. The zero-order chi connectivity index (χ0) is 12.1. The van der Waals surface area contributed by atoms with E-state index in [1.54, 1.807) is 6.92 Å². The normalized spacial score (nSPS) is 26.4. The van der Waals surface area contributed by atoms with E-state index in [0.29, 0.717) is 19.4 Å². The molecular weight excluding hydrogens is 210 g/mol. The summed E-state index contributed by atoms with van der Waals surface area (Å²) in [4.78, 5) is 22.3. The molecule has 0 spiro atoms. The molecule has 1 aliphatic carbocycles. The number of nitrogens with one attached hydrogen (secondary N) is 1. The Kier molecular flexibility index (Phi) is 4.73. The first-order valence-corrected chi connectivity index (χ1v) is 5.69. The molecule has 1 saturated carbocycles. The third kappa shape index (κ3) is 3.48. The Hall–Kier alpha value is -1.10. The molecule has 0 aromatic rings. The lowest BCUT2D eigenvalue weighted by Gasteiger charge is -2.16. The van der Waals surface area contributed by atoms with Crippen molar-refractivity contribution < 1.29 is 19.4 Å². The fraction of sp³-hybridized carbons (Fsp3) is 0.818. The fourth-order valence-corrected chi connectivity index (χ4v) is 1.98. The number of carboxylic acid groups (broad SMARTS) is 1. The van der Waals surface area contributed by atoms with Gasteiger partial charge < -0.3 is 15.2 Å². The Morgan fingerprint density at radius 2 is 2.19 bits per heavy atom. The minimum atomic E-state index is -0.769. The predicted octanol–water partition coefficient (Wildman–Crippen LogP) is 0.781. The highest BCUT2D eigenvalue weighted by Crippen LogP contribution is 2.25. The first kappa shape index (κ1) is 13.0. The van der Waals surface area contributed by atoms with E-state index in [2.05, 4.69) is 5.32 Å². The van der Waals surface area contributed by atoms with Crippen LogP contribution in [0.1, 0.15) is 33.1 Å². The second-order valence-electron chi connectivity index (χ2n) is 4.15. The summed E-state index contributed by atoms with van der Waals surface area (Å²) in [7, 11) is 0. The van der Waals surface area contributed by atoms with Crippen molar-refractivity contribution in [1.82, 2.24) is 5.32 Å². The summed E-state index contributed by atoms with van der Waals surface area (Å²) in [6.45, 7) is 4.03. The second kappa shape index (κ2) is 5.84. The van der Waals surface area contributed by atoms with Crippen LogP contribution in [0.4, 0.5) is 0 Å².